The molecule has 0 aliphatic carbocycles. The third-order valence-corrected chi connectivity index (χ3v) is 3.58. The number of nitrogens with zero attached hydrogens (tertiary/aromatic N) is 2. The summed E-state index contributed by atoms with van der Waals surface area (Å²) in [6, 6.07) is 17.8. The second kappa shape index (κ2) is 10.7. The van der Waals surface area contributed by atoms with E-state index < -0.39 is 0 Å². The van der Waals surface area contributed by atoms with Gasteiger partial charge in [0.15, 0.2) is 5.96 Å². The molecule has 0 aliphatic rings. The molecule has 1 amide bonds. The molecule has 0 radical (unpaired) electrons. The topological polar surface area (TPSA) is 56.7 Å². The molecule has 2 aromatic rings. The van der Waals surface area contributed by atoms with Gasteiger partial charge in [0.1, 0.15) is 0 Å². The first-order valence-corrected chi connectivity index (χ1v) is 7.90. The molecule has 2 rings (SSSR count). The van der Waals surface area contributed by atoms with Gasteiger partial charge < -0.3 is 15.5 Å². The highest BCUT2D eigenvalue weighted by atomic mass is 127. The van der Waals surface area contributed by atoms with Gasteiger partial charge in [-0.15, -0.1) is 24.0 Å². The van der Waals surface area contributed by atoms with Gasteiger partial charge in [-0.25, -0.2) is 0 Å². The van der Waals surface area contributed by atoms with Gasteiger partial charge in [0.05, 0.1) is 6.54 Å². The lowest BCUT2D eigenvalue weighted by Crippen LogP contribution is -2.42. The Morgan fingerprint density at radius 3 is 2.32 bits per heavy atom. The van der Waals surface area contributed by atoms with E-state index in [1.807, 2.05) is 42.3 Å². The van der Waals surface area contributed by atoms with Gasteiger partial charge in [-0.3, -0.25) is 9.79 Å². The molecule has 0 unspecified atom stereocenters. The van der Waals surface area contributed by atoms with Crippen LogP contribution < -0.4 is 10.6 Å². The Labute approximate surface area is 166 Å². The Kier molecular flexibility index (Phi) is 8.98. The van der Waals surface area contributed by atoms with E-state index in [4.69, 9.17) is 0 Å². The number of anilines is 1. The molecule has 0 spiro atoms. The molecule has 0 fully saturated rings. The zero-order valence-electron chi connectivity index (χ0n) is 14.8. The minimum Gasteiger partial charge on any atom is -0.347 e. The molecule has 0 bridgehead atoms. The molecule has 0 aromatic heterocycles. The van der Waals surface area contributed by atoms with Crippen molar-refractivity contribution < 1.29 is 4.79 Å². The standard InChI is InChI=1S/C19H24N4O.HI/c1-15-9-11-16(12-10-15)14-23(3)19(20-2)21-13-18(24)22-17-7-5-4-6-8-17;/h4-12H,13-14H2,1-3H3,(H,20,21)(H,22,24);1H. The van der Waals surface area contributed by atoms with E-state index in [9.17, 15) is 4.79 Å². The molecule has 2 N–H and O–H groups in total. The fraction of sp³-hybridized carbons (Fsp3) is 0.263. The third kappa shape index (κ3) is 7.13. The Bertz CT molecular complexity index is 686. The van der Waals surface area contributed by atoms with Crippen molar-refractivity contribution in [2.24, 2.45) is 4.99 Å². The minimum absolute atomic E-state index is 0. The first-order chi connectivity index (χ1) is 11.6. The molecule has 0 aliphatic heterocycles. The van der Waals surface area contributed by atoms with Crippen molar-refractivity contribution >= 4 is 41.5 Å². The van der Waals surface area contributed by atoms with Crippen molar-refractivity contribution in [1.82, 2.24) is 10.2 Å². The molecule has 2 aromatic carbocycles. The second-order valence-corrected chi connectivity index (χ2v) is 5.66. The zero-order chi connectivity index (χ0) is 17.4. The number of hydrogen-bond acceptors (Lipinski definition) is 2. The fourth-order valence-electron chi connectivity index (χ4n) is 2.31. The van der Waals surface area contributed by atoms with Crippen molar-refractivity contribution in [3.05, 3.63) is 65.7 Å². The molecule has 0 saturated heterocycles. The lowest BCUT2D eigenvalue weighted by Gasteiger charge is -2.22. The molecule has 0 heterocycles. The van der Waals surface area contributed by atoms with Crippen LogP contribution >= 0.6 is 24.0 Å². The van der Waals surface area contributed by atoms with Crippen LogP contribution in [0.15, 0.2) is 59.6 Å². The number of para-hydroxylation sites is 1. The normalized spacial score (nSPS) is 10.6. The fourth-order valence-corrected chi connectivity index (χ4v) is 2.31. The Balaban J connectivity index is 0.00000312. The monoisotopic (exact) mass is 452 g/mol. The van der Waals surface area contributed by atoms with Crippen LogP contribution in [0.1, 0.15) is 11.1 Å². The van der Waals surface area contributed by atoms with E-state index in [0.717, 1.165) is 12.2 Å². The van der Waals surface area contributed by atoms with E-state index in [0.29, 0.717) is 5.96 Å². The number of aryl methyl sites for hydroxylation is 1. The number of carbonyl (C=O) groups excluding carboxylic acids is 1. The number of guanidine groups is 1. The summed E-state index contributed by atoms with van der Waals surface area (Å²) in [5, 5.41) is 5.93. The number of amides is 1. The number of hydrogen-bond donors (Lipinski definition) is 2. The first-order valence-electron chi connectivity index (χ1n) is 7.90. The lowest BCUT2D eigenvalue weighted by molar-refractivity contribution is -0.115. The SMILES string of the molecule is CN=C(NCC(=O)Nc1ccccc1)N(C)Cc1ccc(C)cc1.I. The number of aliphatic imine (C=N–C) groups is 1. The van der Waals surface area contributed by atoms with E-state index in [1.54, 1.807) is 7.05 Å². The van der Waals surface area contributed by atoms with Crippen LogP contribution in [0.4, 0.5) is 5.69 Å². The van der Waals surface area contributed by atoms with Crippen LogP contribution in [0.2, 0.25) is 0 Å². The Morgan fingerprint density at radius 2 is 1.72 bits per heavy atom. The zero-order valence-corrected chi connectivity index (χ0v) is 17.2. The summed E-state index contributed by atoms with van der Waals surface area (Å²) < 4.78 is 0. The van der Waals surface area contributed by atoms with Crippen LogP contribution in [0, 0.1) is 6.92 Å². The van der Waals surface area contributed by atoms with Gasteiger partial charge in [-0.1, -0.05) is 48.0 Å². The van der Waals surface area contributed by atoms with Crippen LogP contribution in [0.25, 0.3) is 0 Å². The minimum atomic E-state index is -0.105. The van der Waals surface area contributed by atoms with Crippen molar-refractivity contribution in [1.29, 1.82) is 0 Å². The lowest BCUT2D eigenvalue weighted by atomic mass is 10.1. The molecule has 0 atom stereocenters. The summed E-state index contributed by atoms with van der Waals surface area (Å²) >= 11 is 0. The van der Waals surface area contributed by atoms with Gasteiger partial charge in [0.25, 0.3) is 0 Å². The van der Waals surface area contributed by atoms with Gasteiger partial charge in [-0.2, -0.15) is 0 Å². The van der Waals surface area contributed by atoms with Crippen LogP contribution in [-0.2, 0) is 11.3 Å². The number of benzene rings is 2. The predicted octanol–water partition coefficient (Wildman–Crippen LogP) is 3.26. The van der Waals surface area contributed by atoms with E-state index in [2.05, 4.69) is 46.8 Å². The van der Waals surface area contributed by atoms with Crippen molar-refractivity contribution in [2.45, 2.75) is 13.5 Å². The maximum absolute atomic E-state index is 12.0. The smallest absolute Gasteiger partial charge is 0.243 e. The number of nitrogens with one attached hydrogen (secondary N) is 2. The molecular weight excluding hydrogens is 427 g/mol. The Hall–Kier alpha value is -2.09. The maximum atomic E-state index is 12.0. The molecular formula is C19H25IN4O. The van der Waals surface area contributed by atoms with Gasteiger partial charge in [0.2, 0.25) is 5.91 Å². The summed E-state index contributed by atoms with van der Waals surface area (Å²) in [5.74, 6) is 0.574. The van der Waals surface area contributed by atoms with Crippen LogP contribution in [-0.4, -0.2) is 37.4 Å². The highest BCUT2D eigenvalue weighted by Gasteiger charge is 2.09. The highest BCUT2D eigenvalue weighted by molar-refractivity contribution is 14.0. The molecule has 134 valence electrons. The quantitative estimate of drug-likeness (QED) is 0.416. The largest absolute Gasteiger partial charge is 0.347 e. The van der Waals surface area contributed by atoms with E-state index in [1.165, 1.54) is 11.1 Å². The summed E-state index contributed by atoms with van der Waals surface area (Å²) in [7, 11) is 3.66. The van der Waals surface area contributed by atoms with Gasteiger partial charge in [-0.05, 0) is 24.6 Å². The van der Waals surface area contributed by atoms with Crippen molar-refractivity contribution in [3.8, 4) is 0 Å². The summed E-state index contributed by atoms with van der Waals surface area (Å²) in [4.78, 5) is 18.2. The molecule has 25 heavy (non-hydrogen) atoms. The van der Waals surface area contributed by atoms with Crippen molar-refractivity contribution in [2.75, 3.05) is 26.0 Å². The summed E-state index contributed by atoms with van der Waals surface area (Å²) in [5.41, 5.74) is 3.22. The molecule has 0 saturated carbocycles. The van der Waals surface area contributed by atoms with E-state index >= 15 is 0 Å². The van der Waals surface area contributed by atoms with Gasteiger partial charge in [0, 0.05) is 26.3 Å². The maximum Gasteiger partial charge on any atom is 0.243 e. The van der Waals surface area contributed by atoms with Crippen molar-refractivity contribution in [3.63, 3.8) is 0 Å². The highest BCUT2D eigenvalue weighted by Crippen LogP contribution is 2.06. The average molecular weight is 452 g/mol. The summed E-state index contributed by atoms with van der Waals surface area (Å²) in [6.07, 6.45) is 0. The van der Waals surface area contributed by atoms with E-state index in [-0.39, 0.29) is 36.4 Å². The summed E-state index contributed by atoms with van der Waals surface area (Å²) in [6.45, 7) is 2.96. The van der Waals surface area contributed by atoms with Crippen LogP contribution in [0.3, 0.4) is 0 Å². The second-order valence-electron chi connectivity index (χ2n) is 5.66. The number of rotatable bonds is 5. The Morgan fingerprint density at radius 1 is 1.08 bits per heavy atom. The van der Waals surface area contributed by atoms with Crippen LogP contribution in [0.5, 0.6) is 0 Å². The average Bonchev–Trinajstić information content (AvgIpc) is 2.58. The third-order valence-electron chi connectivity index (χ3n) is 3.58. The molecule has 6 heteroatoms. The molecule has 5 nitrogen and oxygen atoms in total. The number of carbonyl (C=O) groups is 1. The predicted molar refractivity (Wildman–Crippen MR) is 114 cm³/mol. The van der Waals surface area contributed by atoms with Gasteiger partial charge >= 0.3 is 0 Å². The first kappa shape index (κ1) is 21.0. The number of halogens is 1.